The van der Waals surface area contributed by atoms with Crippen LogP contribution in [0.1, 0.15) is 5.56 Å². The van der Waals surface area contributed by atoms with Gasteiger partial charge in [-0.3, -0.25) is 9.59 Å². The van der Waals surface area contributed by atoms with E-state index in [-0.39, 0.29) is 18.0 Å². The zero-order chi connectivity index (χ0) is 29.1. The van der Waals surface area contributed by atoms with Crippen LogP contribution in [0, 0.1) is 5.82 Å². The van der Waals surface area contributed by atoms with Gasteiger partial charge in [0.1, 0.15) is 11.4 Å². The van der Waals surface area contributed by atoms with Crippen LogP contribution in [0.5, 0.6) is 11.5 Å². The number of methoxy groups -OCH3 is 1. The number of halogens is 1. The number of fused-ring (bicyclic) bond motifs is 2. The van der Waals surface area contributed by atoms with E-state index >= 15 is 0 Å². The van der Waals surface area contributed by atoms with Crippen LogP contribution in [0.25, 0.3) is 33.5 Å². The number of rotatable bonds is 8. The van der Waals surface area contributed by atoms with Gasteiger partial charge in [0, 0.05) is 11.1 Å². The summed E-state index contributed by atoms with van der Waals surface area (Å²) in [6.07, 6.45) is 1.49. The number of aromatic nitrogens is 2. The molecule has 1 N–H and O–H groups in total. The maximum Gasteiger partial charge on any atom is 0.282 e. The standard InChI is InChI=1S/C32H23FN4O5/c1-40-28-15-20(13-14-27(28)41-19-30(38)35-23-9-6-8-22(33)17-23)18-34-37-31(29-16-21-7-2-5-12-26(21)42-29)36-25-11-4-3-10-24(25)32(37)39/h2-18H,19H2,1H3,(H,35,38). The van der Waals surface area contributed by atoms with E-state index in [4.69, 9.17) is 13.9 Å². The Morgan fingerprint density at radius 1 is 1.00 bits per heavy atom. The smallest absolute Gasteiger partial charge is 0.282 e. The molecular formula is C32H23FN4O5. The Bertz CT molecular complexity index is 2000. The molecule has 4 aromatic carbocycles. The van der Waals surface area contributed by atoms with Gasteiger partial charge in [0.25, 0.3) is 11.5 Å². The molecule has 0 atom stereocenters. The van der Waals surface area contributed by atoms with Crippen molar-refractivity contribution in [2.75, 3.05) is 19.0 Å². The Morgan fingerprint density at radius 2 is 1.83 bits per heavy atom. The first-order valence-electron chi connectivity index (χ1n) is 12.9. The number of carbonyl (C=O) groups excluding carboxylic acids is 1. The number of hydrogen-bond acceptors (Lipinski definition) is 7. The monoisotopic (exact) mass is 562 g/mol. The highest BCUT2D eigenvalue weighted by molar-refractivity contribution is 5.92. The number of anilines is 1. The molecule has 6 aromatic rings. The molecule has 0 fully saturated rings. The fourth-order valence-corrected chi connectivity index (χ4v) is 4.40. The van der Waals surface area contributed by atoms with E-state index in [0.29, 0.717) is 45.0 Å². The van der Waals surface area contributed by atoms with Crippen molar-refractivity contribution in [3.05, 3.63) is 119 Å². The summed E-state index contributed by atoms with van der Waals surface area (Å²) in [4.78, 5) is 30.5. The third-order valence-corrected chi connectivity index (χ3v) is 6.38. The lowest BCUT2D eigenvalue weighted by molar-refractivity contribution is -0.118. The average Bonchev–Trinajstić information content (AvgIpc) is 3.44. The van der Waals surface area contributed by atoms with E-state index in [1.807, 2.05) is 36.4 Å². The lowest BCUT2D eigenvalue weighted by Crippen LogP contribution is -2.20. The van der Waals surface area contributed by atoms with Crippen molar-refractivity contribution < 1.29 is 23.1 Å². The zero-order valence-electron chi connectivity index (χ0n) is 22.3. The van der Waals surface area contributed by atoms with E-state index in [0.717, 1.165) is 5.39 Å². The fraction of sp³-hybridized carbons (Fsp3) is 0.0625. The highest BCUT2D eigenvalue weighted by Gasteiger charge is 2.16. The Balaban J connectivity index is 1.28. The maximum atomic E-state index is 13.5. The highest BCUT2D eigenvalue weighted by atomic mass is 19.1. The fourth-order valence-electron chi connectivity index (χ4n) is 4.40. The first-order valence-corrected chi connectivity index (χ1v) is 12.9. The van der Waals surface area contributed by atoms with Crippen LogP contribution in [-0.2, 0) is 4.79 Å². The Hall–Kier alpha value is -5.77. The number of amides is 1. The second kappa shape index (κ2) is 11.4. The topological polar surface area (TPSA) is 108 Å². The normalized spacial score (nSPS) is 11.3. The molecule has 0 bridgehead atoms. The second-order valence-corrected chi connectivity index (χ2v) is 9.22. The van der Waals surface area contributed by atoms with E-state index in [9.17, 15) is 14.0 Å². The lowest BCUT2D eigenvalue weighted by Gasteiger charge is -2.12. The van der Waals surface area contributed by atoms with Gasteiger partial charge in [0.05, 0.1) is 24.2 Å². The number of ether oxygens (including phenoxy) is 2. The molecule has 9 nitrogen and oxygen atoms in total. The van der Waals surface area contributed by atoms with Crippen molar-refractivity contribution in [3.8, 4) is 23.1 Å². The van der Waals surface area contributed by atoms with Gasteiger partial charge in [-0.1, -0.05) is 36.4 Å². The molecule has 2 heterocycles. The highest BCUT2D eigenvalue weighted by Crippen LogP contribution is 2.29. The van der Waals surface area contributed by atoms with Gasteiger partial charge < -0.3 is 19.2 Å². The van der Waals surface area contributed by atoms with Crippen LogP contribution in [0.15, 0.2) is 111 Å². The van der Waals surface area contributed by atoms with Crippen LogP contribution in [0.2, 0.25) is 0 Å². The van der Waals surface area contributed by atoms with E-state index < -0.39 is 11.7 Å². The van der Waals surface area contributed by atoms with Crippen molar-refractivity contribution in [1.82, 2.24) is 9.66 Å². The van der Waals surface area contributed by atoms with Crippen molar-refractivity contribution in [2.45, 2.75) is 0 Å². The minimum Gasteiger partial charge on any atom is -0.493 e. The molecule has 42 heavy (non-hydrogen) atoms. The SMILES string of the molecule is COc1cc(C=Nn2c(-c3cc4ccccc4o3)nc3ccccc3c2=O)ccc1OCC(=O)Nc1cccc(F)c1. The van der Waals surface area contributed by atoms with E-state index in [1.54, 1.807) is 42.5 Å². The minimum atomic E-state index is -0.463. The molecule has 0 aliphatic carbocycles. The number of furan rings is 1. The van der Waals surface area contributed by atoms with Gasteiger partial charge >= 0.3 is 0 Å². The number of hydrogen-bond donors (Lipinski definition) is 1. The molecule has 10 heteroatoms. The molecule has 1 amide bonds. The van der Waals surface area contributed by atoms with Gasteiger partial charge in [-0.25, -0.2) is 9.37 Å². The summed E-state index contributed by atoms with van der Waals surface area (Å²) in [5.74, 6) is 0.389. The molecule has 208 valence electrons. The summed E-state index contributed by atoms with van der Waals surface area (Å²) >= 11 is 0. The number of benzene rings is 4. The van der Waals surface area contributed by atoms with Crippen molar-refractivity contribution >= 4 is 39.7 Å². The Morgan fingerprint density at radius 3 is 2.67 bits per heavy atom. The first-order chi connectivity index (χ1) is 20.5. The Kier molecular flexibility index (Phi) is 7.17. The first kappa shape index (κ1) is 26.5. The van der Waals surface area contributed by atoms with Gasteiger partial charge in [-0.15, -0.1) is 0 Å². The molecule has 6 rings (SSSR count). The maximum absolute atomic E-state index is 13.5. The van der Waals surface area contributed by atoms with Crippen LogP contribution in [0.3, 0.4) is 0 Å². The van der Waals surface area contributed by atoms with Crippen LogP contribution >= 0.6 is 0 Å². The number of nitrogens with one attached hydrogen (secondary N) is 1. The molecule has 0 saturated carbocycles. The van der Waals surface area contributed by atoms with Crippen molar-refractivity contribution in [2.24, 2.45) is 5.10 Å². The second-order valence-electron chi connectivity index (χ2n) is 9.22. The molecule has 0 spiro atoms. The summed E-state index contributed by atoms with van der Waals surface area (Å²) in [5, 5.41) is 8.33. The predicted octanol–water partition coefficient (Wildman–Crippen LogP) is 5.86. The minimum absolute atomic E-state index is 0.252. The summed E-state index contributed by atoms with van der Waals surface area (Å²) in [7, 11) is 1.47. The molecule has 0 radical (unpaired) electrons. The summed E-state index contributed by atoms with van der Waals surface area (Å²) in [6, 6.07) is 26.9. The van der Waals surface area contributed by atoms with Crippen LogP contribution in [0.4, 0.5) is 10.1 Å². The summed E-state index contributed by atoms with van der Waals surface area (Å²) < 4.78 is 31.7. The molecule has 0 unspecified atom stereocenters. The summed E-state index contributed by atoms with van der Waals surface area (Å²) in [6.45, 7) is -0.320. The van der Waals surface area contributed by atoms with E-state index in [1.165, 1.54) is 36.2 Å². The van der Waals surface area contributed by atoms with Crippen LogP contribution < -0.4 is 20.3 Å². The van der Waals surface area contributed by atoms with Gasteiger partial charge in [-0.05, 0) is 66.2 Å². The quantitative estimate of drug-likeness (QED) is 0.233. The van der Waals surface area contributed by atoms with E-state index in [2.05, 4.69) is 15.4 Å². The molecule has 0 saturated heterocycles. The Labute approximate surface area is 238 Å². The molecule has 2 aromatic heterocycles. The lowest BCUT2D eigenvalue weighted by atomic mass is 10.2. The third kappa shape index (κ3) is 5.46. The molecular weight excluding hydrogens is 539 g/mol. The van der Waals surface area contributed by atoms with Gasteiger partial charge in [0.15, 0.2) is 23.9 Å². The number of nitrogens with zero attached hydrogens (tertiary/aromatic N) is 3. The number of para-hydroxylation sites is 2. The van der Waals surface area contributed by atoms with Gasteiger partial charge in [0.2, 0.25) is 5.82 Å². The predicted molar refractivity (Wildman–Crippen MR) is 158 cm³/mol. The van der Waals surface area contributed by atoms with Gasteiger partial charge in [-0.2, -0.15) is 9.78 Å². The molecule has 0 aliphatic heterocycles. The summed E-state index contributed by atoms with van der Waals surface area (Å²) in [5.41, 5.74) is 1.74. The van der Waals surface area contributed by atoms with Crippen LogP contribution in [-0.4, -0.2) is 35.5 Å². The average molecular weight is 563 g/mol. The zero-order valence-corrected chi connectivity index (χ0v) is 22.3. The van der Waals surface area contributed by atoms with Crippen molar-refractivity contribution in [1.29, 1.82) is 0 Å². The third-order valence-electron chi connectivity index (χ3n) is 6.38. The molecule has 0 aliphatic rings. The number of carbonyl (C=O) groups is 1. The van der Waals surface area contributed by atoms with Crippen molar-refractivity contribution in [3.63, 3.8) is 0 Å². The largest absolute Gasteiger partial charge is 0.493 e.